The summed E-state index contributed by atoms with van der Waals surface area (Å²) in [6.45, 7) is 2.14. The van der Waals surface area contributed by atoms with Crippen molar-refractivity contribution in [3.05, 3.63) is 52.6 Å². The summed E-state index contributed by atoms with van der Waals surface area (Å²) in [5.74, 6) is -3.20. The molecule has 0 bridgehead atoms. The topological polar surface area (TPSA) is 12.4 Å². The molecule has 0 heterocycles. The molecular weight excluding hydrogens is 386 g/mol. The van der Waals surface area contributed by atoms with E-state index in [1.807, 2.05) is 5.16 Å². The van der Waals surface area contributed by atoms with Crippen LogP contribution in [0.5, 0.6) is 0 Å². The summed E-state index contributed by atoms with van der Waals surface area (Å²) in [6.07, 6.45) is 6.44. The molecule has 1 nitrogen and oxygen atoms in total. The van der Waals surface area contributed by atoms with Gasteiger partial charge in [0.1, 0.15) is 17.3 Å². The summed E-state index contributed by atoms with van der Waals surface area (Å²) in [6, 6.07) is 3.07. The van der Waals surface area contributed by atoms with Crippen LogP contribution >= 0.6 is 12.2 Å². The maximum Gasteiger partial charge on any atom is 0.153 e. The molecule has 1 unspecified atom stereocenters. The number of aliphatic imine (C=N–C) groups is 1. The Kier molecular flexibility index (Phi) is 6.63. The van der Waals surface area contributed by atoms with Crippen LogP contribution in [-0.4, -0.2) is 5.16 Å². The van der Waals surface area contributed by atoms with Crippen molar-refractivity contribution in [3.63, 3.8) is 0 Å². The van der Waals surface area contributed by atoms with Crippen LogP contribution in [0.3, 0.4) is 0 Å². The van der Waals surface area contributed by atoms with E-state index in [4.69, 9.17) is 0 Å². The quantitative estimate of drug-likeness (QED) is 0.211. The molecule has 0 aromatic heterocycles. The van der Waals surface area contributed by atoms with Gasteiger partial charge in [-0.05, 0) is 72.3 Å². The molecule has 1 aliphatic rings. The van der Waals surface area contributed by atoms with Crippen LogP contribution in [0.4, 0.5) is 23.2 Å². The molecule has 0 amide bonds. The number of rotatable bonds is 6. The van der Waals surface area contributed by atoms with Crippen molar-refractivity contribution in [2.45, 2.75) is 51.9 Å². The van der Waals surface area contributed by atoms with Gasteiger partial charge in [0.05, 0.1) is 10.7 Å². The lowest BCUT2D eigenvalue weighted by molar-refractivity contribution is 0.399. The number of thiocarbonyl (C=S) groups is 1. The van der Waals surface area contributed by atoms with E-state index < -0.39 is 34.5 Å². The molecule has 6 heteroatoms. The molecule has 0 radical (unpaired) electrons. The van der Waals surface area contributed by atoms with E-state index in [0.29, 0.717) is 29.9 Å². The number of hydrogen-bond acceptors (Lipinski definition) is 2. The van der Waals surface area contributed by atoms with Gasteiger partial charge in [-0.1, -0.05) is 32.6 Å². The van der Waals surface area contributed by atoms with Crippen molar-refractivity contribution in [3.8, 4) is 11.1 Å². The van der Waals surface area contributed by atoms with Gasteiger partial charge in [-0.2, -0.15) is 4.99 Å². The maximum atomic E-state index is 15.1. The molecule has 1 atom stereocenters. The molecule has 0 saturated carbocycles. The second kappa shape index (κ2) is 8.97. The van der Waals surface area contributed by atoms with E-state index in [1.165, 1.54) is 6.07 Å². The minimum Gasteiger partial charge on any atom is -0.206 e. The number of hydrogen-bond donors (Lipinski definition) is 0. The maximum absolute atomic E-state index is 15.1. The first-order chi connectivity index (χ1) is 13.5. The number of unbranched alkanes of at least 4 members (excludes halogenated alkanes) is 2. The third-order valence-electron chi connectivity index (χ3n) is 5.40. The second-order valence-corrected chi connectivity index (χ2v) is 7.46. The molecule has 2 aromatic carbocycles. The summed E-state index contributed by atoms with van der Waals surface area (Å²) in [7, 11) is 0. The lowest BCUT2D eigenvalue weighted by Crippen LogP contribution is -2.17. The molecule has 0 aliphatic heterocycles. The Morgan fingerprint density at radius 1 is 1.07 bits per heavy atom. The van der Waals surface area contributed by atoms with Crippen LogP contribution in [0.15, 0.2) is 23.2 Å². The zero-order valence-electron chi connectivity index (χ0n) is 15.6. The first-order valence-electron chi connectivity index (χ1n) is 9.53. The monoisotopic (exact) mass is 407 g/mol. The average Bonchev–Trinajstić information content (AvgIpc) is 2.65. The summed E-state index contributed by atoms with van der Waals surface area (Å²) >= 11 is 4.36. The molecule has 0 fully saturated rings. The zero-order valence-corrected chi connectivity index (χ0v) is 16.4. The number of halogens is 4. The highest BCUT2D eigenvalue weighted by molar-refractivity contribution is 7.78. The van der Waals surface area contributed by atoms with Crippen LogP contribution in [0.2, 0.25) is 0 Å². The fourth-order valence-electron chi connectivity index (χ4n) is 3.98. The first-order valence-corrected chi connectivity index (χ1v) is 9.94. The molecule has 28 heavy (non-hydrogen) atoms. The number of benzene rings is 2. The predicted octanol–water partition coefficient (Wildman–Crippen LogP) is 7.33. The second-order valence-electron chi connectivity index (χ2n) is 7.28. The van der Waals surface area contributed by atoms with Crippen LogP contribution < -0.4 is 0 Å². The minimum absolute atomic E-state index is 0.193. The van der Waals surface area contributed by atoms with Gasteiger partial charge in [0.25, 0.3) is 0 Å². The van der Waals surface area contributed by atoms with E-state index >= 15 is 4.39 Å². The van der Waals surface area contributed by atoms with Crippen LogP contribution in [0, 0.1) is 29.2 Å². The van der Waals surface area contributed by atoms with Gasteiger partial charge in [-0.3, -0.25) is 0 Å². The number of nitrogens with zero attached hydrogens (tertiary/aromatic N) is 1. The lowest BCUT2D eigenvalue weighted by atomic mass is 9.80. The normalized spacial score (nSPS) is 15.8. The Morgan fingerprint density at radius 3 is 2.43 bits per heavy atom. The standard InChI is InChI=1S/C22H21F4NS/c1-2-3-4-5-13-6-7-16-14(8-13)9-17(23)20(21(16)26)15-10-18(24)22(27-12-28)19(25)11-15/h9-11,13H,2-8H2,1H3. The largest absolute Gasteiger partial charge is 0.206 e. The molecule has 3 rings (SSSR count). The van der Waals surface area contributed by atoms with Gasteiger partial charge >= 0.3 is 0 Å². The summed E-state index contributed by atoms with van der Waals surface area (Å²) in [5.41, 5.74) is -0.105. The van der Waals surface area contributed by atoms with Crippen molar-refractivity contribution >= 4 is 23.1 Å². The molecule has 0 spiro atoms. The molecule has 2 aromatic rings. The van der Waals surface area contributed by atoms with Crippen LogP contribution in [-0.2, 0) is 12.8 Å². The van der Waals surface area contributed by atoms with Crippen molar-refractivity contribution in [2.75, 3.05) is 0 Å². The van der Waals surface area contributed by atoms with E-state index in [0.717, 1.165) is 44.2 Å². The smallest absolute Gasteiger partial charge is 0.153 e. The molecule has 1 aliphatic carbocycles. The fraction of sp³-hybridized carbons (Fsp3) is 0.409. The third kappa shape index (κ3) is 4.18. The van der Waals surface area contributed by atoms with E-state index in [1.54, 1.807) is 0 Å². The van der Waals surface area contributed by atoms with E-state index in [2.05, 4.69) is 24.1 Å². The van der Waals surface area contributed by atoms with Crippen LogP contribution in [0.25, 0.3) is 11.1 Å². The van der Waals surface area contributed by atoms with Gasteiger partial charge in [-0.25, -0.2) is 17.6 Å². The Morgan fingerprint density at radius 2 is 1.79 bits per heavy atom. The Balaban J connectivity index is 1.96. The Hall–Kier alpha value is -2.04. The molecule has 148 valence electrons. The molecule has 0 N–H and O–H groups in total. The predicted molar refractivity (Wildman–Crippen MR) is 106 cm³/mol. The summed E-state index contributed by atoms with van der Waals surface area (Å²) < 4.78 is 58.1. The fourth-order valence-corrected chi connectivity index (χ4v) is 4.07. The van der Waals surface area contributed by atoms with E-state index in [-0.39, 0.29) is 5.56 Å². The van der Waals surface area contributed by atoms with Crippen molar-refractivity contribution in [2.24, 2.45) is 10.9 Å². The number of fused-ring (bicyclic) bond motifs is 1. The third-order valence-corrected chi connectivity index (χ3v) is 5.49. The molecular formula is C22H21F4NS. The number of isothiocyanates is 1. The molecule has 0 saturated heterocycles. The minimum atomic E-state index is -1.04. The first kappa shape index (κ1) is 20.7. The van der Waals surface area contributed by atoms with Crippen molar-refractivity contribution < 1.29 is 17.6 Å². The SMILES string of the molecule is CCCCCC1CCc2c(cc(F)c(-c3cc(F)c(N=C=S)c(F)c3)c2F)C1. The van der Waals surface area contributed by atoms with Gasteiger partial charge < -0.3 is 0 Å². The summed E-state index contributed by atoms with van der Waals surface area (Å²) in [5, 5.41) is 1.89. The average molecular weight is 407 g/mol. The Labute approximate surface area is 167 Å². The van der Waals surface area contributed by atoms with Gasteiger partial charge in [0.2, 0.25) is 0 Å². The highest BCUT2D eigenvalue weighted by Gasteiger charge is 2.26. The van der Waals surface area contributed by atoms with Crippen molar-refractivity contribution in [1.29, 1.82) is 0 Å². The summed E-state index contributed by atoms with van der Waals surface area (Å²) in [4.78, 5) is 3.32. The van der Waals surface area contributed by atoms with Gasteiger partial charge in [-0.15, -0.1) is 0 Å². The van der Waals surface area contributed by atoms with Gasteiger partial charge in [0, 0.05) is 0 Å². The highest BCUT2D eigenvalue weighted by atomic mass is 32.1. The van der Waals surface area contributed by atoms with Crippen molar-refractivity contribution in [1.82, 2.24) is 0 Å². The van der Waals surface area contributed by atoms with Crippen LogP contribution in [0.1, 0.15) is 50.2 Å². The van der Waals surface area contributed by atoms with Gasteiger partial charge in [0.15, 0.2) is 11.6 Å². The highest BCUT2D eigenvalue weighted by Crippen LogP contribution is 2.38. The lowest BCUT2D eigenvalue weighted by Gasteiger charge is -2.26. The zero-order chi connectivity index (χ0) is 20.3. The van der Waals surface area contributed by atoms with E-state index in [9.17, 15) is 13.2 Å². The Bertz CT molecular complexity index is 912.